The molecule has 0 atom stereocenters. The van der Waals surface area contributed by atoms with E-state index in [0.717, 1.165) is 24.1 Å². The Labute approximate surface area is 100 Å². The van der Waals surface area contributed by atoms with Crippen LogP contribution in [0.4, 0.5) is 0 Å². The maximum Gasteiger partial charge on any atom is 0.222 e. The van der Waals surface area contributed by atoms with E-state index in [4.69, 9.17) is 11.6 Å². The van der Waals surface area contributed by atoms with Gasteiger partial charge in [0.25, 0.3) is 0 Å². The van der Waals surface area contributed by atoms with Gasteiger partial charge in [0, 0.05) is 11.8 Å². The highest BCUT2D eigenvalue weighted by atomic mass is 35.5. The summed E-state index contributed by atoms with van der Waals surface area (Å²) < 4.78 is 0. The Bertz CT molecular complexity index is 483. The smallest absolute Gasteiger partial charge is 0.222 e. The minimum absolute atomic E-state index is 0.290. The van der Waals surface area contributed by atoms with E-state index >= 15 is 0 Å². The van der Waals surface area contributed by atoms with Crippen molar-refractivity contribution in [1.82, 2.24) is 9.97 Å². The van der Waals surface area contributed by atoms with Gasteiger partial charge in [0.2, 0.25) is 5.28 Å². The molecule has 0 amide bonds. The van der Waals surface area contributed by atoms with Gasteiger partial charge in [0.05, 0.1) is 5.69 Å². The van der Waals surface area contributed by atoms with Crippen molar-refractivity contribution in [2.24, 2.45) is 0 Å². The third-order valence-corrected chi connectivity index (χ3v) is 2.57. The van der Waals surface area contributed by atoms with Gasteiger partial charge < -0.3 is 0 Å². The first-order valence-corrected chi connectivity index (χ1v) is 5.75. The molecule has 0 fully saturated rings. The van der Waals surface area contributed by atoms with Crippen LogP contribution in [-0.2, 0) is 6.42 Å². The van der Waals surface area contributed by atoms with Crippen molar-refractivity contribution in [3.63, 3.8) is 0 Å². The molecule has 0 saturated heterocycles. The van der Waals surface area contributed by atoms with E-state index in [1.807, 2.05) is 12.1 Å². The van der Waals surface area contributed by atoms with Crippen molar-refractivity contribution in [2.45, 2.75) is 19.8 Å². The van der Waals surface area contributed by atoms with Crippen LogP contribution in [0.2, 0.25) is 5.28 Å². The first-order valence-electron chi connectivity index (χ1n) is 5.37. The van der Waals surface area contributed by atoms with Gasteiger partial charge in [-0.3, -0.25) is 0 Å². The molecule has 0 radical (unpaired) electrons. The van der Waals surface area contributed by atoms with E-state index in [0.29, 0.717) is 5.28 Å². The van der Waals surface area contributed by atoms with Gasteiger partial charge in [0.1, 0.15) is 0 Å². The predicted octanol–water partition coefficient (Wildman–Crippen LogP) is 3.75. The van der Waals surface area contributed by atoms with Gasteiger partial charge in [-0.15, -0.1) is 0 Å². The van der Waals surface area contributed by atoms with Crippen LogP contribution in [-0.4, -0.2) is 9.97 Å². The van der Waals surface area contributed by atoms with Gasteiger partial charge in [-0.05, 0) is 35.7 Å². The zero-order chi connectivity index (χ0) is 11.4. The quantitative estimate of drug-likeness (QED) is 0.754. The maximum atomic E-state index is 5.77. The molecule has 0 saturated carbocycles. The topological polar surface area (TPSA) is 25.8 Å². The molecule has 0 spiro atoms. The standard InChI is InChI=1S/C13H13ClN2/c1-2-4-10-5-3-6-11(9-10)12-7-8-15-13(14)16-12/h3,5-9H,2,4H2,1H3. The van der Waals surface area contributed by atoms with E-state index in [9.17, 15) is 0 Å². The molecule has 1 heterocycles. The third-order valence-electron chi connectivity index (χ3n) is 2.39. The SMILES string of the molecule is CCCc1cccc(-c2ccnc(Cl)n2)c1. The molecule has 16 heavy (non-hydrogen) atoms. The molecule has 0 N–H and O–H groups in total. The molecule has 2 rings (SSSR count). The van der Waals surface area contributed by atoms with Crippen LogP contribution < -0.4 is 0 Å². The number of aromatic nitrogens is 2. The number of nitrogens with zero attached hydrogens (tertiary/aromatic N) is 2. The summed E-state index contributed by atoms with van der Waals surface area (Å²) in [5.74, 6) is 0. The van der Waals surface area contributed by atoms with Crippen LogP contribution in [0.15, 0.2) is 36.5 Å². The number of hydrogen-bond donors (Lipinski definition) is 0. The summed E-state index contributed by atoms with van der Waals surface area (Å²) in [5.41, 5.74) is 3.29. The van der Waals surface area contributed by atoms with Crippen molar-refractivity contribution in [3.8, 4) is 11.3 Å². The van der Waals surface area contributed by atoms with Crippen molar-refractivity contribution in [2.75, 3.05) is 0 Å². The summed E-state index contributed by atoms with van der Waals surface area (Å²) >= 11 is 5.77. The molecular weight excluding hydrogens is 220 g/mol. The summed E-state index contributed by atoms with van der Waals surface area (Å²) in [7, 11) is 0. The molecule has 1 aromatic heterocycles. The van der Waals surface area contributed by atoms with E-state index in [-0.39, 0.29) is 0 Å². The summed E-state index contributed by atoms with van der Waals surface area (Å²) in [4.78, 5) is 8.08. The minimum Gasteiger partial charge on any atom is -0.226 e. The highest BCUT2D eigenvalue weighted by Gasteiger charge is 2.01. The fourth-order valence-corrected chi connectivity index (χ4v) is 1.82. The van der Waals surface area contributed by atoms with Crippen molar-refractivity contribution in [1.29, 1.82) is 0 Å². The number of aryl methyl sites for hydroxylation is 1. The summed E-state index contributed by atoms with van der Waals surface area (Å²) in [6.45, 7) is 2.17. The predicted molar refractivity (Wildman–Crippen MR) is 66.5 cm³/mol. The van der Waals surface area contributed by atoms with Crippen molar-refractivity contribution in [3.05, 3.63) is 47.4 Å². The first-order chi connectivity index (χ1) is 7.79. The fraction of sp³-hybridized carbons (Fsp3) is 0.231. The summed E-state index contributed by atoms with van der Waals surface area (Å²) in [5, 5.41) is 0.290. The van der Waals surface area contributed by atoms with Gasteiger partial charge in [-0.25, -0.2) is 9.97 Å². The van der Waals surface area contributed by atoms with Gasteiger partial charge in [-0.1, -0.05) is 31.5 Å². The number of rotatable bonds is 3. The number of halogens is 1. The average Bonchev–Trinajstić information content (AvgIpc) is 2.30. The van der Waals surface area contributed by atoms with E-state index < -0.39 is 0 Å². The van der Waals surface area contributed by atoms with Gasteiger partial charge in [0.15, 0.2) is 0 Å². The highest BCUT2D eigenvalue weighted by molar-refractivity contribution is 6.28. The number of benzene rings is 1. The second-order valence-electron chi connectivity index (χ2n) is 3.66. The first kappa shape index (κ1) is 11.1. The van der Waals surface area contributed by atoms with Crippen LogP contribution in [0.3, 0.4) is 0 Å². The molecule has 0 aliphatic carbocycles. The van der Waals surface area contributed by atoms with Crippen LogP contribution in [0.5, 0.6) is 0 Å². The Balaban J connectivity index is 2.36. The zero-order valence-corrected chi connectivity index (χ0v) is 9.91. The van der Waals surface area contributed by atoms with Gasteiger partial charge >= 0.3 is 0 Å². The average molecular weight is 233 g/mol. The molecule has 1 aromatic carbocycles. The van der Waals surface area contributed by atoms with Crippen LogP contribution in [0.25, 0.3) is 11.3 Å². The van der Waals surface area contributed by atoms with E-state index in [1.165, 1.54) is 5.56 Å². The maximum absolute atomic E-state index is 5.77. The largest absolute Gasteiger partial charge is 0.226 e. The molecule has 2 aromatic rings. The molecule has 82 valence electrons. The van der Waals surface area contributed by atoms with E-state index in [1.54, 1.807) is 6.20 Å². The fourth-order valence-electron chi connectivity index (χ4n) is 1.67. The molecule has 2 nitrogen and oxygen atoms in total. The second-order valence-corrected chi connectivity index (χ2v) is 4.00. The molecule has 0 unspecified atom stereocenters. The minimum atomic E-state index is 0.290. The molecule has 0 bridgehead atoms. The Morgan fingerprint density at radius 3 is 2.88 bits per heavy atom. The molecule has 0 aliphatic rings. The Hall–Kier alpha value is -1.41. The molecule has 3 heteroatoms. The molecular formula is C13H13ClN2. The van der Waals surface area contributed by atoms with E-state index in [2.05, 4.69) is 35.1 Å². The monoisotopic (exact) mass is 232 g/mol. The van der Waals surface area contributed by atoms with Crippen molar-refractivity contribution >= 4 is 11.6 Å². The number of hydrogen-bond acceptors (Lipinski definition) is 2. The normalized spacial score (nSPS) is 10.4. The van der Waals surface area contributed by atoms with Crippen LogP contribution in [0, 0.1) is 0 Å². The van der Waals surface area contributed by atoms with Crippen molar-refractivity contribution < 1.29 is 0 Å². The van der Waals surface area contributed by atoms with Crippen LogP contribution >= 0.6 is 11.6 Å². The summed E-state index contributed by atoms with van der Waals surface area (Å²) in [6, 6.07) is 10.3. The molecule has 0 aliphatic heterocycles. The Morgan fingerprint density at radius 2 is 2.12 bits per heavy atom. The highest BCUT2D eigenvalue weighted by Crippen LogP contribution is 2.19. The lowest BCUT2D eigenvalue weighted by Crippen LogP contribution is -1.88. The van der Waals surface area contributed by atoms with Gasteiger partial charge in [-0.2, -0.15) is 0 Å². The Morgan fingerprint density at radius 1 is 1.25 bits per heavy atom. The lowest BCUT2D eigenvalue weighted by Gasteiger charge is -2.03. The third kappa shape index (κ3) is 2.58. The lowest BCUT2D eigenvalue weighted by molar-refractivity contribution is 0.922. The van der Waals surface area contributed by atoms with Crippen LogP contribution in [0.1, 0.15) is 18.9 Å². The second kappa shape index (κ2) is 5.08. The lowest BCUT2D eigenvalue weighted by atomic mass is 10.0. The Kier molecular flexibility index (Phi) is 3.52. The zero-order valence-electron chi connectivity index (χ0n) is 9.15. The summed E-state index contributed by atoms with van der Waals surface area (Å²) in [6.07, 6.45) is 3.91.